The Labute approximate surface area is 158 Å². The van der Waals surface area contributed by atoms with Crippen LogP contribution in [-0.4, -0.2) is 50.3 Å². The maximum absolute atomic E-state index is 12.9. The summed E-state index contributed by atoms with van der Waals surface area (Å²) in [5.41, 5.74) is 2.72. The molecule has 1 amide bonds. The lowest BCUT2D eigenvalue weighted by molar-refractivity contribution is 0.0745. The van der Waals surface area contributed by atoms with Crippen LogP contribution in [0.2, 0.25) is 5.02 Å². The summed E-state index contributed by atoms with van der Waals surface area (Å²) in [6.07, 6.45) is 4.70. The molecule has 0 saturated carbocycles. The van der Waals surface area contributed by atoms with Gasteiger partial charge < -0.3 is 4.90 Å². The number of aryl methyl sites for hydroxylation is 1. The normalized spacial score (nSPS) is 18.4. The van der Waals surface area contributed by atoms with Crippen molar-refractivity contribution in [1.29, 1.82) is 0 Å². The van der Waals surface area contributed by atoms with Crippen LogP contribution in [0.4, 0.5) is 0 Å². The Morgan fingerprint density at radius 2 is 1.92 bits per heavy atom. The second kappa shape index (κ2) is 7.76. The molecule has 0 spiro atoms. The van der Waals surface area contributed by atoms with E-state index >= 15 is 0 Å². The van der Waals surface area contributed by atoms with Gasteiger partial charge in [0.2, 0.25) is 0 Å². The quantitative estimate of drug-likeness (QED) is 0.830. The van der Waals surface area contributed by atoms with Gasteiger partial charge in [-0.3, -0.25) is 9.69 Å². The molecule has 6 nitrogen and oxygen atoms in total. The summed E-state index contributed by atoms with van der Waals surface area (Å²) < 4.78 is 1.98. The Kier molecular flexibility index (Phi) is 5.22. The fourth-order valence-corrected chi connectivity index (χ4v) is 4.01. The van der Waals surface area contributed by atoms with Crippen molar-refractivity contribution in [3.63, 3.8) is 0 Å². The van der Waals surface area contributed by atoms with E-state index in [1.54, 1.807) is 12.1 Å². The number of rotatable bonds is 3. The third kappa shape index (κ3) is 3.76. The van der Waals surface area contributed by atoms with E-state index in [0.29, 0.717) is 17.1 Å². The van der Waals surface area contributed by atoms with Gasteiger partial charge in [-0.05, 0) is 50.6 Å². The molecular formula is C19H24ClN5O. The van der Waals surface area contributed by atoms with E-state index in [4.69, 9.17) is 11.6 Å². The molecule has 138 valence electrons. The van der Waals surface area contributed by atoms with Gasteiger partial charge >= 0.3 is 0 Å². The van der Waals surface area contributed by atoms with Gasteiger partial charge in [-0.15, -0.1) is 5.10 Å². The zero-order valence-electron chi connectivity index (χ0n) is 14.9. The fraction of sp³-hybridized carbons (Fsp3) is 0.526. The Morgan fingerprint density at radius 3 is 2.73 bits per heavy atom. The molecule has 0 bridgehead atoms. The van der Waals surface area contributed by atoms with Gasteiger partial charge in [0.15, 0.2) is 0 Å². The molecule has 1 fully saturated rings. The van der Waals surface area contributed by atoms with Gasteiger partial charge in [-0.2, -0.15) is 0 Å². The van der Waals surface area contributed by atoms with Crippen LogP contribution in [0.15, 0.2) is 24.3 Å². The lowest BCUT2D eigenvalue weighted by Crippen LogP contribution is -2.32. The molecule has 1 aromatic heterocycles. The van der Waals surface area contributed by atoms with Crippen molar-refractivity contribution in [3.8, 4) is 0 Å². The van der Waals surface area contributed by atoms with Crippen LogP contribution in [0.1, 0.15) is 47.4 Å². The van der Waals surface area contributed by atoms with E-state index in [1.165, 1.54) is 19.3 Å². The third-order valence-corrected chi connectivity index (χ3v) is 5.47. The summed E-state index contributed by atoms with van der Waals surface area (Å²) >= 11 is 6.06. The second-order valence-corrected chi connectivity index (χ2v) is 7.57. The first-order chi connectivity index (χ1) is 12.7. The first kappa shape index (κ1) is 17.5. The number of piperidine rings is 1. The number of fused-ring (bicyclic) bond motifs is 1. The highest BCUT2D eigenvalue weighted by Crippen LogP contribution is 2.21. The van der Waals surface area contributed by atoms with E-state index in [9.17, 15) is 4.79 Å². The molecule has 1 saturated heterocycles. The summed E-state index contributed by atoms with van der Waals surface area (Å²) in [5, 5.41) is 9.36. The van der Waals surface area contributed by atoms with Gasteiger partial charge in [0, 0.05) is 30.2 Å². The Morgan fingerprint density at radius 1 is 1.08 bits per heavy atom. The van der Waals surface area contributed by atoms with Crippen molar-refractivity contribution >= 4 is 17.5 Å². The van der Waals surface area contributed by atoms with E-state index in [1.807, 2.05) is 21.7 Å². The van der Waals surface area contributed by atoms with Gasteiger partial charge in [-0.1, -0.05) is 29.3 Å². The van der Waals surface area contributed by atoms with Crippen LogP contribution in [0.3, 0.4) is 0 Å². The van der Waals surface area contributed by atoms with Crippen LogP contribution < -0.4 is 0 Å². The molecule has 0 aliphatic carbocycles. The summed E-state index contributed by atoms with van der Waals surface area (Å²) in [5.74, 6) is 0.0195. The maximum atomic E-state index is 12.9. The van der Waals surface area contributed by atoms with Gasteiger partial charge in [0.25, 0.3) is 5.91 Å². The van der Waals surface area contributed by atoms with Crippen molar-refractivity contribution in [2.45, 2.75) is 45.3 Å². The molecule has 0 radical (unpaired) electrons. The number of halogens is 1. The number of benzene rings is 1. The number of hydrogen-bond acceptors (Lipinski definition) is 4. The standard InChI is InChI=1S/C19H24ClN5O/c20-16-7-4-6-15(12-16)19(26)24-10-5-11-25-18(14-24)17(21-22-25)13-23-8-2-1-3-9-23/h4,6-7,12H,1-3,5,8-11,13-14H2. The summed E-state index contributed by atoms with van der Waals surface area (Å²) in [4.78, 5) is 17.3. The molecule has 0 N–H and O–H groups in total. The molecule has 0 atom stereocenters. The minimum Gasteiger partial charge on any atom is -0.333 e. The molecule has 2 aromatic rings. The van der Waals surface area contributed by atoms with E-state index in [-0.39, 0.29) is 5.91 Å². The molecular weight excluding hydrogens is 350 g/mol. The average molecular weight is 374 g/mol. The number of amides is 1. The van der Waals surface area contributed by atoms with E-state index in [0.717, 1.165) is 50.5 Å². The molecule has 2 aliphatic rings. The monoisotopic (exact) mass is 373 g/mol. The van der Waals surface area contributed by atoms with Crippen molar-refractivity contribution in [2.24, 2.45) is 0 Å². The Hall–Kier alpha value is -1.92. The first-order valence-corrected chi connectivity index (χ1v) is 9.77. The molecule has 2 aliphatic heterocycles. The maximum Gasteiger partial charge on any atom is 0.254 e. The number of hydrogen-bond donors (Lipinski definition) is 0. The topological polar surface area (TPSA) is 54.3 Å². The minimum atomic E-state index is 0.0195. The van der Waals surface area contributed by atoms with Crippen LogP contribution in [0.25, 0.3) is 0 Å². The van der Waals surface area contributed by atoms with Crippen LogP contribution in [0.5, 0.6) is 0 Å². The van der Waals surface area contributed by atoms with Gasteiger partial charge in [0.1, 0.15) is 5.69 Å². The summed E-state index contributed by atoms with van der Waals surface area (Å²) in [6, 6.07) is 7.17. The average Bonchev–Trinajstić information content (AvgIpc) is 2.89. The highest BCUT2D eigenvalue weighted by atomic mass is 35.5. The molecule has 1 aromatic carbocycles. The highest BCUT2D eigenvalue weighted by molar-refractivity contribution is 6.30. The first-order valence-electron chi connectivity index (χ1n) is 9.39. The fourth-order valence-electron chi connectivity index (χ4n) is 3.82. The minimum absolute atomic E-state index is 0.0195. The highest BCUT2D eigenvalue weighted by Gasteiger charge is 2.25. The van der Waals surface area contributed by atoms with E-state index < -0.39 is 0 Å². The summed E-state index contributed by atoms with van der Waals surface area (Å²) in [7, 11) is 0. The summed E-state index contributed by atoms with van der Waals surface area (Å²) in [6.45, 7) is 5.16. The number of carbonyl (C=O) groups excluding carboxylic acids is 1. The lowest BCUT2D eigenvalue weighted by atomic mass is 10.1. The second-order valence-electron chi connectivity index (χ2n) is 7.13. The molecule has 4 rings (SSSR count). The van der Waals surface area contributed by atoms with Gasteiger partial charge in [-0.25, -0.2) is 4.68 Å². The molecule has 7 heteroatoms. The zero-order chi connectivity index (χ0) is 17.9. The smallest absolute Gasteiger partial charge is 0.254 e. The lowest BCUT2D eigenvalue weighted by Gasteiger charge is -2.26. The Bertz CT molecular complexity index is 784. The number of aromatic nitrogens is 3. The number of likely N-dealkylation sites (tertiary alicyclic amines) is 1. The van der Waals surface area contributed by atoms with Crippen molar-refractivity contribution in [3.05, 3.63) is 46.2 Å². The SMILES string of the molecule is O=C(c1cccc(Cl)c1)N1CCCn2nnc(CN3CCCCC3)c2C1. The number of carbonyl (C=O) groups is 1. The van der Waals surface area contributed by atoms with Gasteiger partial charge in [0.05, 0.1) is 12.2 Å². The van der Waals surface area contributed by atoms with Crippen molar-refractivity contribution in [1.82, 2.24) is 24.8 Å². The van der Waals surface area contributed by atoms with Crippen LogP contribution in [0, 0.1) is 0 Å². The van der Waals surface area contributed by atoms with Crippen LogP contribution >= 0.6 is 11.6 Å². The zero-order valence-corrected chi connectivity index (χ0v) is 15.7. The molecule has 3 heterocycles. The largest absolute Gasteiger partial charge is 0.333 e. The van der Waals surface area contributed by atoms with E-state index in [2.05, 4.69) is 15.2 Å². The van der Waals surface area contributed by atoms with Crippen molar-refractivity contribution in [2.75, 3.05) is 19.6 Å². The number of nitrogens with zero attached hydrogens (tertiary/aromatic N) is 5. The predicted octanol–water partition coefficient (Wildman–Crippen LogP) is 2.96. The van der Waals surface area contributed by atoms with Crippen LogP contribution in [-0.2, 0) is 19.6 Å². The third-order valence-electron chi connectivity index (χ3n) is 5.24. The molecule has 0 unspecified atom stereocenters. The van der Waals surface area contributed by atoms with Crippen molar-refractivity contribution < 1.29 is 4.79 Å². The Balaban J connectivity index is 1.53. The predicted molar refractivity (Wildman–Crippen MR) is 100.0 cm³/mol. The molecule has 26 heavy (non-hydrogen) atoms.